The van der Waals surface area contributed by atoms with E-state index in [1.165, 1.54) is 32.8 Å². The highest BCUT2D eigenvalue weighted by atomic mass is 32.2. The lowest BCUT2D eigenvalue weighted by Crippen LogP contribution is -2.41. The highest BCUT2D eigenvalue weighted by Crippen LogP contribution is 2.25. The van der Waals surface area contributed by atoms with Crippen molar-refractivity contribution in [1.29, 1.82) is 0 Å². The lowest BCUT2D eigenvalue weighted by Gasteiger charge is -2.30. The maximum atomic E-state index is 12.6. The van der Waals surface area contributed by atoms with E-state index < -0.39 is 10.0 Å². The number of hydrogen-bond donors (Lipinski definition) is 1. The van der Waals surface area contributed by atoms with Crippen LogP contribution < -0.4 is 10.9 Å². The summed E-state index contributed by atoms with van der Waals surface area (Å²) in [6.07, 6.45) is 4.42. The number of carbonyl (C=O) groups excluding carboxylic acids is 1. The van der Waals surface area contributed by atoms with Crippen LogP contribution in [0.25, 0.3) is 10.2 Å². The number of aryl methyl sites for hydroxylation is 3. The molecule has 1 fully saturated rings. The quantitative estimate of drug-likeness (QED) is 0.749. The van der Waals surface area contributed by atoms with E-state index in [2.05, 4.69) is 10.3 Å². The summed E-state index contributed by atoms with van der Waals surface area (Å²) >= 11 is 1.51. The smallest absolute Gasteiger partial charge is 0.262 e. The van der Waals surface area contributed by atoms with E-state index in [0.717, 1.165) is 28.1 Å². The van der Waals surface area contributed by atoms with Crippen LogP contribution in [0.15, 0.2) is 11.1 Å². The fourth-order valence-corrected chi connectivity index (χ4v) is 5.30. The predicted molar refractivity (Wildman–Crippen MR) is 110 cm³/mol. The summed E-state index contributed by atoms with van der Waals surface area (Å²) in [5.41, 5.74) is 0.851. The number of sulfonamides is 1. The summed E-state index contributed by atoms with van der Waals surface area (Å²) in [7, 11) is -3.13. The van der Waals surface area contributed by atoms with E-state index in [4.69, 9.17) is 0 Å². The summed E-state index contributed by atoms with van der Waals surface area (Å²) in [5.74, 6) is 0.162. The molecule has 3 heterocycles. The first-order valence-electron chi connectivity index (χ1n) is 9.33. The molecule has 0 unspecified atom stereocenters. The van der Waals surface area contributed by atoms with Gasteiger partial charge in [-0.15, -0.1) is 11.3 Å². The Morgan fingerprint density at radius 1 is 1.32 bits per heavy atom. The van der Waals surface area contributed by atoms with Gasteiger partial charge in [0.1, 0.15) is 4.83 Å². The Morgan fingerprint density at radius 3 is 2.64 bits per heavy atom. The number of carbonyl (C=O) groups is 1. The molecule has 28 heavy (non-hydrogen) atoms. The van der Waals surface area contributed by atoms with Crippen molar-refractivity contribution >= 4 is 37.5 Å². The molecule has 1 aliphatic heterocycles. The van der Waals surface area contributed by atoms with Crippen LogP contribution in [0.1, 0.15) is 29.7 Å². The van der Waals surface area contributed by atoms with E-state index in [-0.39, 0.29) is 30.3 Å². The van der Waals surface area contributed by atoms with Crippen LogP contribution in [0.2, 0.25) is 0 Å². The van der Waals surface area contributed by atoms with Crippen LogP contribution >= 0.6 is 11.3 Å². The first kappa shape index (κ1) is 20.9. The largest absolute Gasteiger partial charge is 0.356 e. The topological polar surface area (TPSA) is 101 Å². The Morgan fingerprint density at radius 2 is 2.00 bits per heavy atom. The second-order valence-electron chi connectivity index (χ2n) is 7.37. The van der Waals surface area contributed by atoms with Crippen molar-refractivity contribution in [2.24, 2.45) is 5.92 Å². The van der Waals surface area contributed by atoms with Crippen LogP contribution in [0.5, 0.6) is 0 Å². The summed E-state index contributed by atoms with van der Waals surface area (Å²) in [6.45, 7) is 5.71. The Kier molecular flexibility index (Phi) is 6.21. The number of nitrogens with one attached hydrogen (secondary N) is 1. The standard InChI is InChI=1S/C18H26N4O4S2/c1-12-13(2)27-17-16(12)18(24)21(11-20-17)7-6-15(23)19-10-14-4-8-22(9-5-14)28(3,25)26/h11,14H,4-10H2,1-3H3,(H,19,23). The van der Waals surface area contributed by atoms with E-state index in [0.29, 0.717) is 25.0 Å². The fourth-order valence-electron chi connectivity index (χ4n) is 3.44. The Balaban J connectivity index is 1.50. The second kappa shape index (κ2) is 8.30. The fraction of sp³-hybridized carbons (Fsp3) is 0.611. The lowest BCUT2D eigenvalue weighted by molar-refractivity contribution is -0.121. The van der Waals surface area contributed by atoms with E-state index in [1.54, 1.807) is 0 Å². The molecule has 0 saturated carbocycles. The molecule has 0 aliphatic carbocycles. The molecule has 2 aromatic heterocycles. The molecule has 1 N–H and O–H groups in total. The van der Waals surface area contributed by atoms with Crippen molar-refractivity contribution in [3.05, 3.63) is 27.1 Å². The van der Waals surface area contributed by atoms with Gasteiger partial charge >= 0.3 is 0 Å². The Bertz CT molecular complexity index is 1030. The van der Waals surface area contributed by atoms with Gasteiger partial charge in [0.05, 0.1) is 18.0 Å². The number of rotatable bonds is 6. The van der Waals surface area contributed by atoms with Crippen molar-refractivity contribution in [3.8, 4) is 0 Å². The third-order valence-electron chi connectivity index (χ3n) is 5.37. The summed E-state index contributed by atoms with van der Waals surface area (Å²) in [6, 6.07) is 0. The van der Waals surface area contributed by atoms with Crippen molar-refractivity contribution in [3.63, 3.8) is 0 Å². The molecule has 1 saturated heterocycles. The van der Waals surface area contributed by atoms with Crippen LogP contribution in [0.4, 0.5) is 0 Å². The lowest BCUT2D eigenvalue weighted by atomic mass is 9.98. The molecular formula is C18H26N4O4S2. The minimum atomic E-state index is -3.13. The minimum Gasteiger partial charge on any atom is -0.356 e. The van der Waals surface area contributed by atoms with Gasteiger partial charge in [-0.1, -0.05) is 0 Å². The number of nitrogens with zero attached hydrogens (tertiary/aromatic N) is 3. The Hall–Kier alpha value is -1.78. The molecule has 10 heteroatoms. The monoisotopic (exact) mass is 426 g/mol. The average Bonchev–Trinajstić information content (AvgIpc) is 2.94. The number of fused-ring (bicyclic) bond motifs is 1. The van der Waals surface area contributed by atoms with Crippen LogP contribution in [-0.2, 0) is 21.4 Å². The maximum absolute atomic E-state index is 12.6. The number of aromatic nitrogens is 2. The van der Waals surface area contributed by atoms with E-state index in [9.17, 15) is 18.0 Å². The SMILES string of the molecule is Cc1sc2ncn(CCC(=O)NCC3CCN(S(C)(=O)=O)CC3)c(=O)c2c1C. The van der Waals surface area contributed by atoms with E-state index in [1.807, 2.05) is 13.8 Å². The zero-order valence-corrected chi connectivity index (χ0v) is 18.0. The third-order valence-corrected chi connectivity index (χ3v) is 7.78. The summed E-state index contributed by atoms with van der Waals surface area (Å²) in [4.78, 5) is 31.0. The average molecular weight is 427 g/mol. The second-order valence-corrected chi connectivity index (χ2v) is 10.6. The van der Waals surface area contributed by atoms with Gasteiger partial charge in [-0.05, 0) is 38.2 Å². The molecule has 0 atom stereocenters. The van der Waals surface area contributed by atoms with Gasteiger partial charge < -0.3 is 5.32 Å². The first-order chi connectivity index (χ1) is 13.2. The van der Waals surface area contributed by atoms with Crippen molar-refractivity contribution in [1.82, 2.24) is 19.2 Å². The third kappa shape index (κ3) is 4.61. The first-order valence-corrected chi connectivity index (χ1v) is 12.0. The molecule has 3 rings (SSSR count). The molecule has 0 radical (unpaired) electrons. The van der Waals surface area contributed by atoms with Crippen molar-refractivity contribution in [2.75, 3.05) is 25.9 Å². The van der Waals surface area contributed by atoms with Gasteiger partial charge in [0, 0.05) is 37.5 Å². The number of thiophene rings is 1. The van der Waals surface area contributed by atoms with Crippen LogP contribution in [0.3, 0.4) is 0 Å². The molecule has 0 bridgehead atoms. The van der Waals surface area contributed by atoms with Crippen molar-refractivity contribution < 1.29 is 13.2 Å². The van der Waals surface area contributed by atoms with Gasteiger partial charge in [0.25, 0.3) is 5.56 Å². The molecule has 0 spiro atoms. The van der Waals surface area contributed by atoms with Gasteiger partial charge in [-0.3, -0.25) is 14.2 Å². The highest BCUT2D eigenvalue weighted by molar-refractivity contribution is 7.88. The van der Waals surface area contributed by atoms with Gasteiger partial charge in [0.2, 0.25) is 15.9 Å². The normalized spacial score (nSPS) is 16.5. The molecule has 1 amide bonds. The number of hydrogen-bond acceptors (Lipinski definition) is 6. The minimum absolute atomic E-state index is 0.104. The number of amides is 1. The molecule has 1 aliphatic rings. The summed E-state index contributed by atoms with van der Waals surface area (Å²) in [5, 5.41) is 3.55. The summed E-state index contributed by atoms with van der Waals surface area (Å²) < 4.78 is 26.0. The molecule has 154 valence electrons. The molecule has 8 nitrogen and oxygen atoms in total. The van der Waals surface area contributed by atoms with Crippen molar-refractivity contribution in [2.45, 2.75) is 39.7 Å². The molecule has 2 aromatic rings. The molecule has 0 aromatic carbocycles. The van der Waals surface area contributed by atoms with Gasteiger partial charge in [-0.2, -0.15) is 0 Å². The zero-order valence-electron chi connectivity index (χ0n) is 16.4. The van der Waals surface area contributed by atoms with Crippen LogP contribution in [0, 0.1) is 19.8 Å². The maximum Gasteiger partial charge on any atom is 0.262 e. The predicted octanol–water partition coefficient (Wildman–Crippen LogP) is 1.25. The number of piperidine rings is 1. The van der Waals surface area contributed by atoms with E-state index >= 15 is 0 Å². The highest BCUT2D eigenvalue weighted by Gasteiger charge is 2.25. The van der Waals surface area contributed by atoms with Gasteiger partial charge in [-0.25, -0.2) is 17.7 Å². The van der Waals surface area contributed by atoms with Crippen LogP contribution in [-0.4, -0.2) is 54.1 Å². The zero-order chi connectivity index (χ0) is 20.5. The Labute approximate surface area is 168 Å². The van der Waals surface area contributed by atoms with Gasteiger partial charge in [0.15, 0.2) is 0 Å². The molecular weight excluding hydrogens is 400 g/mol.